The van der Waals surface area contributed by atoms with Crippen molar-refractivity contribution in [2.75, 3.05) is 26.2 Å². The lowest BCUT2D eigenvalue weighted by atomic mass is 10.00. The molecule has 1 aromatic carbocycles. The SMILES string of the molecule is Cl.O=C(CCCOc1ccccc1F)NCC1CCCNC1. The molecule has 1 aliphatic rings. The zero-order chi connectivity index (χ0) is 14.9. The Labute approximate surface area is 137 Å². The maximum absolute atomic E-state index is 13.3. The molecule has 1 amide bonds. The van der Waals surface area contributed by atoms with Crippen molar-refractivity contribution in [3.8, 4) is 5.75 Å². The molecule has 1 fully saturated rings. The molecule has 0 radical (unpaired) electrons. The molecular formula is C16H24ClFN2O2. The quantitative estimate of drug-likeness (QED) is 0.755. The summed E-state index contributed by atoms with van der Waals surface area (Å²) in [7, 11) is 0. The fraction of sp³-hybridized carbons (Fsp3) is 0.562. The Morgan fingerprint density at radius 2 is 2.23 bits per heavy atom. The Kier molecular flexibility index (Phi) is 8.85. The van der Waals surface area contributed by atoms with E-state index in [1.165, 1.54) is 18.9 Å². The van der Waals surface area contributed by atoms with Crippen LogP contribution in [-0.2, 0) is 4.79 Å². The second-order valence-corrected chi connectivity index (χ2v) is 5.40. The highest BCUT2D eigenvalue weighted by atomic mass is 35.5. The van der Waals surface area contributed by atoms with Crippen LogP contribution in [0.3, 0.4) is 0 Å². The molecule has 1 aliphatic heterocycles. The third-order valence-corrected chi connectivity index (χ3v) is 3.63. The number of halogens is 2. The Morgan fingerprint density at radius 1 is 1.41 bits per heavy atom. The van der Waals surface area contributed by atoms with Crippen molar-refractivity contribution in [3.05, 3.63) is 30.1 Å². The van der Waals surface area contributed by atoms with Crippen LogP contribution in [0, 0.1) is 11.7 Å². The largest absolute Gasteiger partial charge is 0.491 e. The fourth-order valence-electron chi connectivity index (χ4n) is 2.42. The van der Waals surface area contributed by atoms with Crippen LogP contribution < -0.4 is 15.4 Å². The molecule has 2 N–H and O–H groups in total. The van der Waals surface area contributed by atoms with Gasteiger partial charge in [-0.1, -0.05) is 12.1 Å². The van der Waals surface area contributed by atoms with Gasteiger partial charge in [0.25, 0.3) is 0 Å². The predicted molar refractivity (Wildman–Crippen MR) is 87.0 cm³/mol. The maximum Gasteiger partial charge on any atom is 0.220 e. The summed E-state index contributed by atoms with van der Waals surface area (Å²) >= 11 is 0. The van der Waals surface area contributed by atoms with Gasteiger partial charge in [-0.2, -0.15) is 0 Å². The van der Waals surface area contributed by atoms with Crippen molar-refractivity contribution in [3.63, 3.8) is 0 Å². The number of piperidine rings is 1. The van der Waals surface area contributed by atoms with Gasteiger partial charge in [0.1, 0.15) is 0 Å². The highest BCUT2D eigenvalue weighted by Crippen LogP contribution is 2.15. The minimum Gasteiger partial charge on any atom is -0.491 e. The second-order valence-electron chi connectivity index (χ2n) is 5.40. The predicted octanol–water partition coefficient (Wildman–Crippen LogP) is 2.52. The maximum atomic E-state index is 13.3. The van der Waals surface area contributed by atoms with E-state index in [9.17, 15) is 9.18 Å². The molecule has 22 heavy (non-hydrogen) atoms. The standard InChI is InChI=1S/C16H23FN2O2.ClH/c17-14-6-1-2-7-15(14)21-10-4-8-16(20)19-12-13-5-3-9-18-11-13;/h1-2,6-7,13,18H,3-5,8-12H2,(H,19,20);1H. The first-order chi connectivity index (χ1) is 10.3. The molecule has 4 nitrogen and oxygen atoms in total. The van der Waals surface area contributed by atoms with E-state index in [1.54, 1.807) is 18.2 Å². The lowest BCUT2D eigenvalue weighted by Crippen LogP contribution is -2.38. The van der Waals surface area contributed by atoms with Gasteiger partial charge in [-0.25, -0.2) is 4.39 Å². The average molecular weight is 331 g/mol. The van der Waals surface area contributed by atoms with Gasteiger partial charge in [0.15, 0.2) is 11.6 Å². The van der Waals surface area contributed by atoms with Crippen LogP contribution in [0.15, 0.2) is 24.3 Å². The van der Waals surface area contributed by atoms with Gasteiger partial charge in [0, 0.05) is 13.0 Å². The van der Waals surface area contributed by atoms with Crippen LogP contribution in [0.1, 0.15) is 25.7 Å². The number of carbonyl (C=O) groups excluding carboxylic acids is 1. The van der Waals surface area contributed by atoms with E-state index in [-0.39, 0.29) is 29.9 Å². The zero-order valence-corrected chi connectivity index (χ0v) is 13.5. The summed E-state index contributed by atoms with van der Waals surface area (Å²) in [6, 6.07) is 6.30. The van der Waals surface area contributed by atoms with E-state index in [0.29, 0.717) is 25.4 Å². The summed E-state index contributed by atoms with van der Waals surface area (Å²) in [6.45, 7) is 3.15. The first-order valence-corrected chi connectivity index (χ1v) is 7.60. The van der Waals surface area contributed by atoms with Crippen molar-refractivity contribution in [2.24, 2.45) is 5.92 Å². The number of amides is 1. The number of rotatable bonds is 7. The van der Waals surface area contributed by atoms with E-state index in [0.717, 1.165) is 19.6 Å². The van der Waals surface area contributed by atoms with Crippen LogP contribution in [0.25, 0.3) is 0 Å². The minimum atomic E-state index is -0.369. The lowest BCUT2D eigenvalue weighted by Gasteiger charge is -2.22. The molecule has 0 spiro atoms. The van der Waals surface area contributed by atoms with Gasteiger partial charge in [-0.3, -0.25) is 4.79 Å². The Bertz CT molecular complexity index is 454. The summed E-state index contributed by atoms with van der Waals surface area (Å²) in [5, 5.41) is 6.28. The number of ether oxygens (including phenoxy) is 1. The highest BCUT2D eigenvalue weighted by Gasteiger charge is 2.13. The smallest absolute Gasteiger partial charge is 0.220 e. The Hall–Kier alpha value is -1.33. The molecule has 2 rings (SSSR count). The molecule has 1 heterocycles. The highest BCUT2D eigenvalue weighted by molar-refractivity contribution is 5.85. The summed E-state index contributed by atoms with van der Waals surface area (Å²) in [5.41, 5.74) is 0. The van der Waals surface area contributed by atoms with Crippen LogP contribution in [-0.4, -0.2) is 32.1 Å². The number of hydrogen-bond donors (Lipinski definition) is 2. The molecular weight excluding hydrogens is 307 g/mol. The molecule has 124 valence electrons. The summed E-state index contributed by atoms with van der Waals surface area (Å²) in [6.07, 6.45) is 3.35. The Morgan fingerprint density at radius 3 is 2.95 bits per heavy atom. The number of nitrogens with one attached hydrogen (secondary N) is 2. The zero-order valence-electron chi connectivity index (χ0n) is 12.6. The van der Waals surface area contributed by atoms with Gasteiger partial charge < -0.3 is 15.4 Å². The van der Waals surface area contributed by atoms with Gasteiger partial charge in [-0.05, 0) is 50.4 Å². The number of carbonyl (C=O) groups is 1. The van der Waals surface area contributed by atoms with Gasteiger partial charge >= 0.3 is 0 Å². The van der Waals surface area contributed by atoms with Crippen molar-refractivity contribution in [2.45, 2.75) is 25.7 Å². The van der Waals surface area contributed by atoms with Crippen LogP contribution in [0.2, 0.25) is 0 Å². The van der Waals surface area contributed by atoms with E-state index in [4.69, 9.17) is 4.74 Å². The van der Waals surface area contributed by atoms with Gasteiger partial charge in [-0.15, -0.1) is 12.4 Å². The second kappa shape index (κ2) is 10.4. The summed E-state index contributed by atoms with van der Waals surface area (Å²) in [4.78, 5) is 11.7. The van der Waals surface area contributed by atoms with E-state index in [2.05, 4.69) is 10.6 Å². The van der Waals surface area contributed by atoms with Crippen molar-refractivity contribution in [1.82, 2.24) is 10.6 Å². The molecule has 1 atom stereocenters. The summed E-state index contributed by atoms with van der Waals surface area (Å²) in [5.74, 6) is 0.452. The fourth-order valence-corrected chi connectivity index (χ4v) is 2.42. The number of hydrogen-bond acceptors (Lipinski definition) is 3. The van der Waals surface area contributed by atoms with E-state index in [1.807, 2.05) is 0 Å². The minimum absolute atomic E-state index is 0. The van der Waals surface area contributed by atoms with Crippen molar-refractivity contribution < 1.29 is 13.9 Å². The first kappa shape index (κ1) is 18.7. The third-order valence-electron chi connectivity index (χ3n) is 3.63. The van der Waals surface area contributed by atoms with Gasteiger partial charge in [0.2, 0.25) is 5.91 Å². The molecule has 0 aromatic heterocycles. The van der Waals surface area contributed by atoms with Crippen LogP contribution in [0.5, 0.6) is 5.75 Å². The molecule has 1 aromatic rings. The topological polar surface area (TPSA) is 50.4 Å². The van der Waals surface area contributed by atoms with Gasteiger partial charge in [0.05, 0.1) is 6.61 Å². The number of para-hydroxylation sites is 1. The molecule has 6 heteroatoms. The molecule has 0 bridgehead atoms. The average Bonchev–Trinajstić information content (AvgIpc) is 2.52. The molecule has 0 saturated carbocycles. The van der Waals surface area contributed by atoms with E-state index < -0.39 is 0 Å². The normalized spacial score (nSPS) is 17.4. The van der Waals surface area contributed by atoms with Crippen LogP contribution in [0.4, 0.5) is 4.39 Å². The monoisotopic (exact) mass is 330 g/mol. The third kappa shape index (κ3) is 6.62. The number of benzene rings is 1. The van der Waals surface area contributed by atoms with Crippen LogP contribution >= 0.6 is 12.4 Å². The molecule has 0 aliphatic carbocycles. The first-order valence-electron chi connectivity index (χ1n) is 7.60. The lowest BCUT2D eigenvalue weighted by molar-refractivity contribution is -0.121. The summed E-state index contributed by atoms with van der Waals surface area (Å²) < 4.78 is 18.6. The molecule has 1 unspecified atom stereocenters. The van der Waals surface area contributed by atoms with E-state index >= 15 is 0 Å². The van der Waals surface area contributed by atoms with Crippen molar-refractivity contribution in [1.29, 1.82) is 0 Å². The Balaban J connectivity index is 0.00000242. The molecule has 1 saturated heterocycles. The van der Waals surface area contributed by atoms with Crippen molar-refractivity contribution >= 4 is 18.3 Å².